The Bertz CT molecular complexity index is 822. The summed E-state index contributed by atoms with van der Waals surface area (Å²) in [6.07, 6.45) is 3.04. The molecule has 0 atom stereocenters. The highest BCUT2D eigenvalue weighted by molar-refractivity contribution is 5.91. The van der Waals surface area contributed by atoms with Crippen LogP contribution in [0.2, 0.25) is 0 Å². The molecule has 0 fully saturated rings. The van der Waals surface area contributed by atoms with Crippen LogP contribution in [0, 0.1) is 13.8 Å². The number of aromatic nitrogens is 2. The summed E-state index contributed by atoms with van der Waals surface area (Å²) in [5, 5.41) is 0. The normalized spacial score (nSPS) is 13.8. The van der Waals surface area contributed by atoms with E-state index in [0.717, 1.165) is 25.0 Å². The van der Waals surface area contributed by atoms with Gasteiger partial charge in [0.15, 0.2) is 0 Å². The lowest BCUT2D eigenvalue weighted by Crippen LogP contribution is -2.30. The van der Waals surface area contributed by atoms with Gasteiger partial charge in [-0.05, 0) is 43.0 Å². The second-order valence-electron chi connectivity index (χ2n) is 5.87. The van der Waals surface area contributed by atoms with Gasteiger partial charge in [-0.1, -0.05) is 24.3 Å². The number of nitrogens with zero attached hydrogens (tertiary/aromatic N) is 2. The molecule has 22 heavy (non-hydrogen) atoms. The van der Waals surface area contributed by atoms with Crippen LogP contribution in [0.1, 0.15) is 22.4 Å². The van der Waals surface area contributed by atoms with E-state index in [1.807, 2.05) is 6.20 Å². The number of hydrogen-bond acceptors (Lipinski definition) is 2. The largest absolute Gasteiger partial charge is 0.365 e. The lowest BCUT2D eigenvalue weighted by molar-refractivity contribution is 0.733. The average Bonchev–Trinajstić information content (AvgIpc) is 2.82. The van der Waals surface area contributed by atoms with Gasteiger partial charge in [0.1, 0.15) is 0 Å². The molecule has 3 nitrogen and oxygen atoms in total. The van der Waals surface area contributed by atoms with E-state index >= 15 is 0 Å². The lowest BCUT2D eigenvalue weighted by Gasteiger charge is -2.31. The molecule has 1 N–H and O–H groups in total. The highest BCUT2D eigenvalue weighted by Gasteiger charge is 2.19. The number of anilines is 1. The number of halogens is 1. The summed E-state index contributed by atoms with van der Waals surface area (Å²) in [7, 11) is 0. The van der Waals surface area contributed by atoms with Gasteiger partial charge in [0.05, 0.1) is 16.7 Å². The zero-order chi connectivity index (χ0) is 14.4. The number of H-pyrrole nitrogens is 1. The van der Waals surface area contributed by atoms with Gasteiger partial charge in [-0.25, -0.2) is 0 Å². The van der Waals surface area contributed by atoms with Crippen LogP contribution < -0.4 is 4.90 Å². The maximum Gasteiger partial charge on any atom is 0.0932 e. The average molecular weight is 314 g/mol. The van der Waals surface area contributed by atoms with Gasteiger partial charge in [-0.3, -0.25) is 4.98 Å². The fourth-order valence-corrected chi connectivity index (χ4v) is 3.28. The summed E-state index contributed by atoms with van der Waals surface area (Å²) >= 11 is 0. The first kappa shape index (κ1) is 14.9. The van der Waals surface area contributed by atoms with E-state index in [1.165, 1.54) is 33.6 Å². The van der Waals surface area contributed by atoms with Gasteiger partial charge < -0.3 is 9.88 Å². The van der Waals surface area contributed by atoms with E-state index < -0.39 is 0 Å². The first-order valence-corrected chi connectivity index (χ1v) is 7.49. The van der Waals surface area contributed by atoms with Crippen LogP contribution in [-0.2, 0) is 13.0 Å². The van der Waals surface area contributed by atoms with Crippen molar-refractivity contribution >= 4 is 29.1 Å². The van der Waals surface area contributed by atoms with Crippen molar-refractivity contribution in [3.05, 3.63) is 58.9 Å². The fourth-order valence-electron chi connectivity index (χ4n) is 3.28. The molecule has 0 unspecified atom stereocenters. The van der Waals surface area contributed by atoms with Gasteiger partial charge in [-0.15, -0.1) is 12.4 Å². The minimum Gasteiger partial charge on any atom is -0.365 e. The lowest BCUT2D eigenvalue weighted by atomic mass is 9.99. The van der Waals surface area contributed by atoms with Crippen molar-refractivity contribution in [2.45, 2.75) is 26.8 Å². The summed E-state index contributed by atoms with van der Waals surface area (Å²) in [4.78, 5) is 10.5. The van der Waals surface area contributed by atoms with Gasteiger partial charge in [0, 0.05) is 25.0 Å². The van der Waals surface area contributed by atoms with Crippen LogP contribution in [0.5, 0.6) is 0 Å². The molecule has 3 aromatic rings. The summed E-state index contributed by atoms with van der Waals surface area (Å²) in [6, 6.07) is 10.9. The molecule has 2 aromatic heterocycles. The summed E-state index contributed by atoms with van der Waals surface area (Å²) in [5.41, 5.74) is 8.93. The molecule has 0 spiro atoms. The van der Waals surface area contributed by atoms with Gasteiger partial charge in [0.2, 0.25) is 0 Å². The molecule has 0 saturated carbocycles. The third-order valence-corrected chi connectivity index (χ3v) is 4.63. The molecule has 3 heterocycles. The Labute approximate surface area is 136 Å². The van der Waals surface area contributed by atoms with Crippen LogP contribution in [0.3, 0.4) is 0 Å². The Morgan fingerprint density at radius 2 is 1.86 bits per heavy atom. The molecule has 0 aliphatic carbocycles. The van der Waals surface area contributed by atoms with Crippen molar-refractivity contribution in [2.75, 3.05) is 11.4 Å². The smallest absolute Gasteiger partial charge is 0.0932 e. The Balaban J connectivity index is 0.00000144. The summed E-state index contributed by atoms with van der Waals surface area (Å²) in [5.74, 6) is 0. The Morgan fingerprint density at radius 1 is 1.09 bits per heavy atom. The van der Waals surface area contributed by atoms with Gasteiger partial charge in [0.25, 0.3) is 0 Å². The zero-order valence-corrected chi connectivity index (χ0v) is 13.7. The number of hydrogen-bond donors (Lipinski definition) is 1. The molecule has 114 valence electrons. The number of fused-ring (bicyclic) bond motifs is 2. The first-order chi connectivity index (χ1) is 10.2. The number of pyridine rings is 1. The molecule has 1 aromatic carbocycles. The predicted molar refractivity (Wildman–Crippen MR) is 94.0 cm³/mol. The van der Waals surface area contributed by atoms with E-state index in [1.54, 1.807) is 0 Å². The second-order valence-corrected chi connectivity index (χ2v) is 5.87. The van der Waals surface area contributed by atoms with Crippen molar-refractivity contribution in [3.8, 4) is 0 Å². The van der Waals surface area contributed by atoms with Gasteiger partial charge >= 0.3 is 0 Å². The van der Waals surface area contributed by atoms with E-state index in [-0.39, 0.29) is 12.4 Å². The maximum absolute atomic E-state index is 4.54. The fraction of sp³-hybridized carbons (Fsp3) is 0.278. The molecular weight excluding hydrogens is 294 g/mol. The van der Waals surface area contributed by atoms with Crippen molar-refractivity contribution in [3.63, 3.8) is 0 Å². The molecule has 4 heteroatoms. The molecule has 1 aliphatic heterocycles. The van der Waals surface area contributed by atoms with Crippen molar-refractivity contribution < 1.29 is 0 Å². The molecule has 1 aliphatic rings. The molecule has 0 saturated heterocycles. The van der Waals surface area contributed by atoms with Crippen LogP contribution in [-0.4, -0.2) is 16.5 Å². The summed E-state index contributed by atoms with van der Waals surface area (Å²) < 4.78 is 0. The zero-order valence-electron chi connectivity index (χ0n) is 12.9. The Hall–Kier alpha value is -2.00. The van der Waals surface area contributed by atoms with Gasteiger partial charge in [-0.2, -0.15) is 0 Å². The number of aromatic amines is 1. The first-order valence-electron chi connectivity index (χ1n) is 7.49. The molecular formula is C18H20ClN3. The molecule has 0 amide bonds. The van der Waals surface area contributed by atoms with Crippen LogP contribution >= 0.6 is 12.4 Å². The number of nitrogens with one attached hydrogen (secondary N) is 1. The quantitative estimate of drug-likeness (QED) is 0.731. The molecule has 4 rings (SSSR count). The highest BCUT2D eigenvalue weighted by Crippen LogP contribution is 2.31. The van der Waals surface area contributed by atoms with E-state index in [4.69, 9.17) is 0 Å². The van der Waals surface area contributed by atoms with Crippen LogP contribution in [0.15, 0.2) is 36.5 Å². The second kappa shape index (κ2) is 5.65. The van der Waals surface area contributed by atoms with E-state index in [0.29, 0.717) is 0 Å². The summed E-state index contributed by atoms with van der Waals surface area (Å²) in [6.45, 7) is 6.29. The number of benzene rings is 1. The standard InChI is InChI=1S/C18H19N3.ClH/c1-12-13(2)20-18-16(7-9-19-17(12)18)21-10-8-14-5-3-4-6-15(14)11-21;/h3-7,9,20H,8,10-11H2,1-2H3;1H. The number of rotatable bonds is 1. The van der Waals surface area contributed by atoms with Crippen LogP contribution in [0.4, 0.5) is 5.69 Å². The van der Waals surface area contributed by atoms with E-state index in [9.17, 15) is 0 Å². The van der Waals surface area contributed by atoms with E-state index in [2.05, 4.69) is 59.0 Å². The number of aryl methyl sites for hydroxylation is 2. The maximum atomic E-state index is 4.54. The monoisotopic (exact) mass is 313 g/mol. The predicted octanol–water partition coefficient (Wildman–Crippen LogP) is 4.16. The minimum absolute atomic E-state index is 0. The molecule has 0 bridgehead atoms. The van der Waals surface area contributed by atoms with Crippen molar-refractivity contribution in [1.29, 1.82) is 0 Å². The molecule has 0 radical (unpaired) electrons. The minimum atomic E-state index is 0. The Kier molecular flexibility index (Phi) is 3.83. The SMILES string of the molecule is Cc1[nH]c2c(N3CCc4ccccc4C3)ccnc2c1C.Cl. The van der Waals surface area contributed by atoms with Crippen molar-refractivity contribution in [1.82, 2.24) is 9.97 Å². The highest BCUT2D eigenvalue weighted by atomic mass is 35.5. The van der Waals surface area contributed by atoms with Crippen LogP contribution in [0.25, 0.3) is 11.0 Å². The van der Waals surface area contributed by atoms with Crippen molar-refractivity contribution in [2.24, 2.45) is 0 Å². The third-order valence-electron chi connectivity index (χ3n) is 4.63. The topological polar surface area (TPSA) is 31.9 Å². The Morgan fingerprint density at radius 3 is 2.68 bits per heavy atom. The third kappa shape index (κ3) is 2.26.